The zero-order chi connectivity index (χ0) is 30.9. The molecule has 0 aliphatic carbocycles. The first-order chi connectivity index (χ1) is 20.6. The normalized spacial score (nSPS) is 15.9. The highest BCUT2D eigenvalue weighted by Gasteiger charge is 2.39. The smallest absolute Gasteiger partial charge is 0.414 e. The van der Waals surface area contributed by atoms with Crippen molar-refractivity contribution in [2.75, 3.05) is 18.0 Å². The highest BCUT2D eigenvalue weighted by atomic mass is 32.2. The van der Waals surface area contributed by atoms with Gasteiger partial charge in [0, 0.05) is 55.2 Å². The summed E-state index contributed by atoms with van der Waals surface area (Å²) in [5.74, 6) is 0. The van der Waals surface area contributed by atoms with Gasteiger partial charge in [0.15, 0.2) is 5.12 Å². The Labute approximate surface area is 250 Å². The summed E-state index contributed by atoms with van der Waals surface area (Å²) in [7, 11) is 0. The molecule has 1 saturated heterocycles. The van der Waals surface area contributed by atoms with Crippen LogP contribution in [0.25, 0.3) is 0 Å². The van der Waals surface area contributed by atoms with Gasteiger partial charge in [0.25, 0.3) is 11.4 Å². The third-order valence-corrected chi connectivity index (χ3v) is 7.65. The molecule has 4 rings (SSSR count). The number of likely N-dealkylation sites (tertiary alicyclic amines) is 1. The standard InChI is InChI=1S/C29H28N4O9S/c1-20(34)43-27-15-26(31(17-27)29(36)42-19-22-9-13-25(14-10-22)33(39)40)16-30(23-5-3-2-4-6-23)28(35)41-18-21-7-11-24(12-8-21)32(37)38/h2-14,26-27H,15-19H2,1H3/t26-,27-/m0/s1. The average molecular weight is 609 g/mol. The largest absolute Gasteiger partial charge is 0.445 e. The predicted molar refractivity (Wildman–Crippen MR) is 158 cm³/mol. The van der Waals surface area contributed by atoms with E-state index in [1.807, 2.05) is 0 Å². The lowest BCUT2D eigenvalue weighted by Gasteiger charge is -2.30. The fraction of sp³-hybridized carbons (Fsp3) is 0.276. The van der Waals surface area contributed by atoms with E-state index in [-0.39, 0.29) is 48.0 Å². The molecule has 1 heterocycles. The van der Waals surface area contributed by atoms with Crippen LogP contribution in [0.5, 0.6) is 0 Å². The second kappa shape index (κ2) is 14.3. The van der Waals surface area contributed by atoms with Gasteiger partial charge in [-0.1, -0.05) is 30.0 Å². The first-order valence-corrected chi connectivity index (χ1v) is 14.0. The lowest BCUT2D eigenvalue weighted by atomic mass is 10.2. The van der Waals surface area contributed by atoms with Gasteiger partial charge >= 0.3 is 12.2 Å². The van der Waals surface area contributed by atoms with E-state index < -0.39 is 28.1 Å². The Morgan fingerprint density at radius 1 is 0.860 bits per heavy atom. The lowest BCUT2D eigenvalue weighted by Crippen LogP contribution is -2.45. The van der Waals surface area contributed by atoms with Crippen LogP contribution in [0.1, 0.15) is 24.5 Å². The number of hydrogen-bond donors (Lipinski definition) is 0. The molecule has 2 amide bonds. The summed E-state index contributed by atoms with van der Waals surface area (Å²) in [6.07, 6.45) is -0.927. The molecule has 0 unspecified atom stereocenters. The molecule has 1 aliphatic rings. The summed E-state index contributed by atoms with van der Waals surface area (Å²) in [4.78, 5) is 62.1. The number of nitro benzene ring substituents is 2. The minimum absolute atomic E-state index is 0.0463. The van der Waals surface area contributed by atoms with Gasteiger partial charge in [-0.15, -0.1) is 0 Å². The second-order valence-corrected chi connectivity index (χ2v) is 11.2. The summed E-state index contributed by atoms with van der Waals surface area (Å²) in [5.41, 5.74) is 1.48. The van der Waals surface area contributed by atoms with E-state index in [4.69, 9.17) is 9.47 Å². The third kappa shape index (κ3) is 8.52. The molecule has 0 N–H and O–H groups in total. The Kier molecular flexibility index (Phi) is 10.3. The Hall–Kier alpha value is -4.98. The van der Waals surface area contributed by atoms with E-state index in [1.165, 1.54) is 65.3 Å². The van der Waals surface area contributed by atoms with Crippen LogP contribution in [0.4, 0.5) is 26.7 Å². The first-order valence-electron chi connectivity index (χ1n) is 13.2. The van der Waals surface area contributed by atoms with Crippen LogP contribution >= 0.6 is 11.8 Å². The average Bonchev–Trinajstić information content (AvgIpc) is 3.39. The molecule has 3 aromatic carbocycles. The topological polar surface area (TPSA) is 162 Å². The van der Waals surface area contributed by atoms with Crippen molar-refractivity contribution >= 4 is 46.1 Å². The molecule has 2 atom stereocenters. The number of hydrogen-bond acceptors (Lipinski definition) is 10. The summed E-state index contributed by atoms with van der Waals surface area (Å²) in [6.45, 7) is 1.46. The van der Waals surface area contributed by atoms with Crippen molar-refractivity contribution in [1.82, 2.24) is 4.90 Å². The quantitative estimate of drug-likeness (QED) is 0.206. The van der Waals surface area contributed by atoms with Crippen molar-refractivity contribution < 1.29 is 33.7 Å². The number of amides is 2. The molecule has 13 nitrogen and oxygen atoms in total. The number of nitrogens with zero attached hydrogens (tertiary/aromatic N) is 4. The van der Waals surface area contributed by atoms with Crippen LogP contribution in [0, 0.1) is 20.2 Å². The van der Waals surface area contributed by atoms with Gasteiger partial charge in [-0.05, 0) is 53.9 Å². The van der Waals surface area contributed by atoms with Crippen molar-refractivity contribution in [3.8, 4) is 0 Å². The second-order valence-electron chi connectivity index (χ2n) is 9.68. The zero-order valence-corrected chi connectivity index (χ0v) is 23.9. The minimum atomic E-state index is -0.688. The molecule has 0 bridgehead atoms. The van der Waals surface area contributed by atoms with Crippen molar-refractivity contribution in [2.45, 2.75) is 37.9 Å². The molecule has 224 valence electrons. The molecule has 1 fully saturated rings. The highest BCUT2D eigenvalue weighted by Crippen LogP contribution is 2.31. The van der Waals surface area contributed by atoms with E-state index in [0.29, 0.717) is 23.2 Å². The number of anilines is 1. The maximum atomic E-state index is 13.4. The van der Waals surface area contributed by atoms with E-state index in [9.17, 15) is 34.6 Å². The number of rotatable bonds is 10. The third-order valence-electron chi connectivity index (χ3n) is 6.64. The van der Waals surface area contributed by atoms with Crippen molar-refractivity contribution in [3.05, 3.63) is 110 Å². The Bertz CT molecular complexity index is 1470. The number of nitro groups is 2. The minimum Gasteiger partial charge on any atom is -0.445 e. The highest BCUT2D eigenvalue weighted by molar-refractivity contribution is 8.14. The van der Waals surface area contributed by atoms with Crippen LogP contribution in [0.3, 0.4) is 0 Å². The number of para-hydroxylation sites is 1. The first kappa shape index (κ1) is 31.0. The molecular weight excluding hydrogens is 580 g/mol. The molecule has 14 heteroatoms. The Morgan fingerprint density at radius 2 is 1.40 bits per heavy atom. The Balaban J connectivity index is 1.48. The fourth-order valence-corrected chi connectivity index (χ4v) is 5.60. The van der Waals surface area contributed by atoms with E-state index >= 15 is 0 Å². The maximum absolute atomic E-state index is 13.4. The number of benzene rings is 3. The van der Waals surface area contributed by atoms with Gasteiger partial charge in [0.1, 0.15) is 13.2 Å². The van der Waals surface area contributed by atoms with Gasteiger partial charge in [0.05, 0.1) is 15.9 Å². The monoisotopic (exact) mass is 608 g/mol. The van der Waals surface area contributed by atoms with Crippen molar-refractivity contribution in [2.24, 2.45) is 0 Å². The van der Waals surface area contributed by atoms with Crippen LogP contribution in [-0.4, -0.2) is 56.4 Å². The molecule has 0 aromatic heterocycles. The summed E-state index contributed by atoms with van der Waals surface area (Å²) in [5, 5.41) is 21.5. The SMILES string of the molecule is CC(=O)S[C@H]1C[C@@H](CN(C(=O)OCc2ccc([N+](=O)[O-])cc2)c2ccccc2)N(C(=O)OCc2ccc([N+](=O)[O-])cc2)C1. The van der Waals surface area contributed by atoms with Gasteiger partial charge in [-0.2, -0.15) is 0 Å². The lowest BCUT2D eigenvalue weighted by molar-refractivity contribution is -0.385. The van der Waals surface area contributed by atoms with Crippen LogP contribution in [-0.2, 0) is 27.5 Å². The van der Waals surface area contributed by atoms with Gasteiger partial charge in [-0.3, -0.25) is 29.9 Å². The predicted octanol–water partition coefficient (Wildman–Crippen LogP) is 5.71. The Morgan fingerprint density at radius 3 is 1.91 bits per heavy atom. The molecule has 0 spiro atoms. The van der Waals surface area contributed by atoms with Crippen LogP contribution < -0.4 is 4.90 Å². The zero-order valence-electron chi connectivity index (χ0n) is 23.1. The van der Waals surface area contributed by atoms with Crippen LogP contribution in [0.2, 0.25) is 0 Å². The molecule has 1 aliphatic heterocycles. The fourth-order valence-electron chi connectivity index (χ4n) is 4.57. The van der Waals surface area contributed by atoms with Crippen molar-refractivity contribution in [3.63, 3.8) is 0 Å². The van der Waals surface area contributed by atoms with Crippen LogP contribution in [0.15, 0.2) is 78.9 Å². The summed E-state index contributed by atoms with van der Waals surface area (Å²) >= 11 is 1.11. The summed E-state index contributed by atoms with van der Waals surface area (Å²) < 4.78 is 11.1. The van der Waals surface area contributed by atoms with Gasteiger partial charge in [0.2, 0.25) is 0 Å². The summed E-state index contributed by atoms with van der Waals surface area (Å²) in [6, 6.07) is 19.5. The van der Waals surface area contributed by atoms with E-state index in [1.54, 1.807) is 30.3 Å². The number of ether oxygens (including phenoxy) is 2. The molecule has 3 aromatic rings. The molecular formula is C29H28N4O9S. The number of non-ortho nitro benzene ring substituents is 2. The van der Waals surface area contributed by atoms with Gasteiger partial charge in [-0.25, -0.2) is 9.59 Å². The number of thioether (sulfide) groups is 1. The number of carbonyl (C=O) groups excluding carboxylic acids is 3. The number of carbonyl (C=O) groups is 3. The molecule has 43 heavy (non-hydrogen) atoms. The molecule has 0 radical (unpaired) electrons. The van der Waals surface area contributed by atoms with Crippen molar-refractivity contribution in [1.29, 1.82) is 0 Å². The maximum Gasteiger partial charge on any atom is 0.414 e. The van der Waals surface area contributed by atoms with E-state index in [0.717, 1.165) is 11.8 Å². The molecule has 0 saturated carbocycles. The van der Waals surface area contributed by atoms with E-state index in [2.05, 4.69) is 0 Å². The van der Waals surface area contributed by atoms with Gasteiger partial charge < -0.3 is 14.4 Å².